The van der Waals surface area contributed by atoms with Gasteiger partial charge in [-0.2, -0.15) is 0 Å². The molecule has 1 aliphatic heterocycles. The van der Waals surface area contributed by atoms with Crippen molar-refractivity contribution in [1.82, 2.24) is 9.97 Å². The minimum atomic E-state index is -0.455. The molecule has 4 rings (SSSR count). The molecule has 0 N–H and O–H groups in total. The minimum absolute atomic E-state index is 0.277. The average molecular weight is 348 g/mol. The lowest BCUT2D eigenvalue weighted by atomic mass is 10.2. The average Bonchev–Trinajstić information content (AvgIpc) is 2.73. The molecule has 0 unspecified atom stereocenters. The summed E-state index contributed by atoms with van der Waals surface area (Å²) >= 11 is 0. The fourth-order valence-corrected chi connectivity index (χ4v) is 3.26. The van der Waals surface area contributed by atoms with E-state index in [9.17, 15) is 4.79 Å². The summed E-state index contributed by atoms with van der Waals surface area (Å²) < 4.78 is 4.93. The zero-order chi connectivity index (χ0) is 17.9. The predicted octanol–water partition coefficient (Wildman–Crippen LogP) is 2.74. The van der Waals surface area contributed by atoms with Gasteiger partial charge in [-0.1, -0.05) is 30.3 Å². The van der Waals surface area contributed by atoms with Crippen LogP contribution in [0.5, 0.6) is 0 Å². The van der Waals surface area contributed by atoms with Crippen molar-refractivity contribution in [3.8, 4) is 0 Å². The van der Waals surface area contributed by atoms with Gasteiger partial charge in [0.15, 0.2) is 11.5 Å². The van der Waals surface area contributed by atoms with Crippen molar-refractivity contribution in [1.29, 1.82) is 0 Å². The van der Waals surface area contributed by atoms with Crippen LogP contribution in [0, 0.1) is 0 Å². The first-order chi connectivity index (χ1) is 12.8. The normalized spacial score (nSPS) is 14.5. The number of nitrogens with zero attached hydrogens (tertiary/aromatic N) is 4. The first-order valence-corrected chi connectivity index (χ1v) is 8.66. The lowest BCUT2D eigenvalue weighted by Gasteiger charge is -2.37. The van der Waals surface area contributed by atoms with Gasteiger partial charge in [0, 0.05) is 31.9 Å². The highest BCUT2D eigenvalue weighted by atomic mass is 16.5. The van der Waals surface area contributed by atoms with Crippen molar-refractivity contribution in [2.75, 3.05) is 43.1 Å². The van der Waals surface area contributed by atoms with Crippen molar-refractivity contribution in [2.45, 2.75) is 0 Å². The molecule has 1 fully saturated rings. The molecule has 0 spiro atoms. The zero-order valence-electron chi connectivity index (χ0n) is 14.6. The number of ether oxygens (including phenoxy) is 1. The van der Waals surface area contributed by atoms with Crippen molar-refractivity contribution < 1.29 is 9.53 Å². The number of piperazine rings is 1. The van der Waals surface area contributed by atoms with Crippen molar-refractivity contribution in [3.63, 3.8) is 0 Å². The largest absolute Gasteiger partial charge is 0.464 e. The summed E-state index contributed by atoms with van der Waals surface area (Å²) in [7, 11) is 1.37. The number of esters is 1. The number of hydrogen-bond acceptors (Lipinski definition) is 6. The van der Waals surface area contributed by atoms with E-state index in [2.05, 4.69) is 26.9 Å². The van der Waals surface area contributed by atoms with Gasteiger partial charge in [0.05, 0.1) is 18.1 Å². The van der Waals surface area contributed by atoms with Crippen LogP contribution >= 0.6 is 0 Å². The predicted molar refractivity (Wildman–Crippen MR) is 102 cm³/mol. The molecule has 0 radical (unpaired) electrons. The van der Waals surface area contributed by atoms with Gasteiger partial charge in [-0.25, -0.2) is 14.8 Å². The molecule has 0 atom stereocenters. The number of aromatic nitrogens is 2. The van der Waals surface area contributed by atoms with Gasteiger partial charge in [-0.15, -0.1) is 0 Å². The molecular formula is C20H20N4O2. The monoisotopic (exact) mass is 348 g/mol. The van der Waals surface area contributed by atoms with E-state index in [-0.39, 0.29) is 5.69 Å². The van der Waals surface area contributed by atoms with Crippen LogP contribution in [0.3, 0.4) is 0 Å². The molecule has 0 bridgehead atoms. The number of carbonyl (C=O) groups is 1. The molecule has 1 aromatic heterocycles. The minimum Gasteiger partial charge on any atom is -0.464 e. The first kappa shape index (κ1) is 16.3. The van der Waals surface area contributed by atoms with Gasteiger partial charge in [0.2, 0.25) is 0 Å². The Morgan fingerprint density at radius 3 is 2.08 bits per heavy atom. The highest BCUT2D eigenvalue weighted by Crippen LogP contribution is 2.24. The zero-order valence-corrected chi connectivity index (χ0v) is 14.6. The first-order valence-electron chi connectivity index (χ1n) is 8.66. The Morgan fingerprint density at radius 2 is 1.42 bits per heavy atom. The Kier molecular flexibility index (Phi) is 4.39. The number of para-hydroxylation sites is 3. The lowest BCUT2D eigenvalue weighted by molar-refractivity contribution is 0.0595. The van der Waals surface area contributed by atoms with Gasteiger partial charge in [0.1, 0.15) is 0 Å². The van der Waals surface area contributed by atoms with E-state index in [4.69, 9.17) is 9.72 Å². The Hall–Kier alpha value is -3.15. The Morgan fingerprint density at radius 1 is 0.846 bits per heavy atom. The van der Waals surface area contributed by atoms with E-state index in [1.54, 1.807) is 0 Å². The maximum atomic E-state index is 12.2. The molecule has 26 heavy (non-hydrogen) atoms. The maximum Gasteiger partial charge on any atom is 0.360 e. The molecule has 6 nitrogen and oxygen atoms in total. The van der Waals surface area contributed by atoms with Gasteiger partial charge in [-0.3, -0.25) is 0 Å². The van der Waals surface area contributed by atoms with Crippen molar-refractivity contribution >= 4 is 28.5 Å². The van der Waals surface area contributed by atoms with Crippen LogP contribution < -0.4 is 9.80 Å². The molecule has 0 aliphatic carbocycles. The maximum absolute atomic E-state index is 12.2. The molecular weight excluding hydrogens is 328 g/mol. The molecule has 3 aromatic rings. The number of benzene rings is 2. The summed E-state index contributed by atoms with van der Waals surface area (Å²) in [6, 6.07) is 17.9. The second-order valence-electron chi connectivity index (χ2n) is 6.19. The summed E-state index contributed by atoms with van der Waals surface area (Å²) in [5.41, 5.74) is 2.96. The van der Waals surface area contributed by atoms with Gasteiger partial charge in [-0.05, 0) is 24.3 Å². The number of hydrogen-bond donors (Lipinski definition) is 0. The summed E-state index contributed by atoms with van der Waals surface area (Å²) in [6.45, 7) is 3.26. The topological polar surface area (TPSA) is 58.6 Å². The Bertz CT molecular complexity index is 922. The van der Waals surface area contributed by atoms with Crippen LogP contribution in [-0.2, 0) is 4.74 Å². The van der Waals surface area contributed by atoms with E-state index < -0.39 is 5.97 Å². The third-order valence-electron chi connectivity index (χ3n) is 4.63. The van der Waals surface area contributed by atoms with Gasteiger partial charge < -0.3 is 14.5 Å². The van der Waals surface area contributed by atoms with Crippen LogP contribution in [0.4, 0.5) is 11.5 Å². The van der Waals surface area contributed by atoms with Crippen LogP contribution in [-0.4, -0.2) is 49.2 Å². The molecule has 1 saturated heterocycles. The summed E-state index contributed by atoms with van der Waals surface area (Å²) in [4.78, 5) is 25.9. The molecule has 6 heteroatoms. The van der Waals surface area contributed by atoms with Crippen molar-refractivity contribution in [2.24, 2.45) is 0 Å². The molecule has 0 amide bonds. The molecule has 2 aromatic carbocycles. The van der Waals surface area contributed by atoms with E-state index in [1.165, 1.54) is 12.8 Å². The third-order valence-corrected chi connectivity index (χ3v) is 4.63. The van der Waals surface area contributed by atoms with Crippen LogP contribution in [0.15, 0.2) is 54.6 Å². The highest BCUT2D eigenvalue weighted by Gasteiger charge is 2.25. The van der Waals surface area contributed by atoms with Crippen LogP contribution in [0.1, 0.15) is 10.5 Å². The van der Waals surface area contributed by atoms with Gasteiger partial charge in [0.25, 0.3) is 0 Å². The summed E-state index contributed by atoms with van der Waals surface area (Å²) in [6.07, 6.45) is 0. The fraction of sp³-hybridized carbons (Fsp3) is 0.250. The molecule has 1 aliphatic rings. The lowest BCUT2D eigenvalue weighted by Crippen LogP contribution is -2.47. The molecule has 132 valence electrons. The van der Waals surface area contributed by atoms with E-state index in [0.717, 1.165) is 31.7 Å². The van der Waals surface area contributed by atoms with Gasteiger partial charge >= 0.3 is 5.97 Å². The fourth-order valence-electron chi connectivity index (χ4n) is 3.26. The van der Waals surface area contributed by atoms with E-state index in [1.807, 2.05) is 42.5 Å². The Labute approximate surface area is 152 Å². The smallest absolute Gasteiger partial charge is 0.360 e. The standard InChI is InChI=1S/C20H20N4O2/c1-26-20(25)18-19(22-17-10-6-5-9-16(17)21-18)24-13-11-23(12-14-24)15-7-3-2-4-8-15/h2-10H,11-14H2,1H3. The second-order valence-corrected chi connectivity index (χ2v) is 6.19. The van der Waals surface area contributed by atoms with E-state index >= 15 is 0 Å². The number of methoxy groups -OCH3 is 1. The molecule has 0 saturated carbocycles. The number of fused-ring (bicyclic) bond motifs is 1. The quantitative estimate of drug-likeness (QED) is 0.679. The second kappa shape index (κ2) is 7.00. The van der Waals surface area contributed by atoms with Crippen LogP contribution in [0.25, 0.3) is 11.0 Å². The number of carbonyl (C=O) groups excluding carboxylic acids is 1. The third kappa shape index (κ3) is 3.06. The SMILES string of the molecule is COC(=O)c1nc2ccccc2nc1N1CCN(c2ccccc2)CC1. The molecule has 2 heterocycles. The number of rotatable bonds is 3. The Balaban J connectivity index is 1.63. The van der Waals surface area contributed by atoms with E-state index in [0.29, 0.717) is 11.3 Å². The summed E-state index contributed by atoms with van der Waals surface area (Å²) in [5, 5.41) is 0. The number of anilines is 2. The summed E-state index contributed by atoms with van der Waals surface area (Å²) in [5.74, 6) is 0.145. The highest BCUT2D eigenvalue weighted by molar-refractivity contribution is 5.95. The van der Waals surface area contributed by atoms with Crippen molar-refractivity contribution in [3.05, 3.63) is 60.3 Å². The van der Waals surface area contributed by atoms with Crippen LogP contribution in [0.2, 0.25) is 0 Å².